The summed E-state index contributed by atoms with van der Waals surface area (Å²) in [6.45, 7) is 0. The van der Waals surface area contributed by atoms with Crippen molar-refractivity contribution < 1.29 is 18.3 Å². The van der Waals surface area contributed by atoms with E-state index in [1.807, 2.05) is 0 Å². The van der Waals surface area contributed by atoms with Gasteiger partial charge in [-0.05, 0) is 5.56 Å². The maximum atomic E-state index is 11.6. The summed E-state index contributed by atoms with van der Waals surface area (Å²) in [6.07, 6.45) is 0. The standard InChI is InChI=1S/C10H9NO4S/c11-6-7-16(14,15)9(10(12)13)8-4-2-1-3-5-8/h1-5,9H,7H2,(H,12,13). The number of nitriles is 1. The van der Waals surface area contributed by atoms with E-state index in [2.05, 4.69) is 0 Å². The average molecular weight is 239 g/mol. The van der Waals surface area contributed by atoms with E-state index in [1.165, 1.54) is 18.2 Å². The van der Waals surface area contributed by atoms with Gasteiger partial charge in [0.15, 0.2) is 15.1 Å². The molecule has 1 atom stereocenters. The fourth-order valence-corrected chi connectivity index (χ4v) is 2.53. The summed E-state index contributed by atoms with van der Waals surface area (Å²) in [5, 5.41) is 15.6. The molecule has 0 heterocycles. The number of carbonyl (C=O) groups is 1. The van der Waals surface area contributed by atoms with Gasteiger partial charge in [-0.3, -0.25) is 4.79 Å². The highest BCUT2D eigenvalue weighted by Crippen LogP contribution is 2.22. The van der Waals surface area contributed by atoms with Crippen molar-refractivity contribution in [1.29, 1.82) is 5.26 Å². The summed E-state index contributed by atoms with van der Waals surface area (Å²) >= 11 is 0. The average Bonchev–Trinajstić information content (AvgIpc) is 2.17. The van der Waals surface area contributed by atoms with Crippen LogP contribution < -0.4 is 0 Å². The summed E-state index contributed by atoms with van der Waals surface area (Å²) in [6, 6.07) is 9.03. The van der Waals surface area contributed by atoms with Crippen LogP contribution in [0.1, 0.15) is 10.8 Å². The van der Waals surface area contributed by atoms with Gasteiger partial charge in [-0.15, -0.1) is 0 Å². The van der Waals surface area contributed by atoms with Gasteiger partial charge in [0.05, 0.1) is 6.07 Å². The molecule has 5 nitrogen and oxygen atoms in total. The molecule has 6 heteroatoms. The minimum Gasteiger partial charge on any atom is -0.480 e. The number of nitrogens with zero attached hydrogens (tertiary/aromatic N) is 1. The second kappa shape index (κ2) is 4.77. The first-order valence-electron chi connectivity index (χ1n) is 4.35. The van der Waals surface area contributed by atoms with Gasteiger partial charge in [0, 0.05) is 0 Å². The molecule has 0 amide bonds. The molecule has 1 aromatic rings. The highest BCUT2D eigenvalue weighted by molar-refractivity contribution is 7.92. The van der Waals surface area contributed by atoms with Gasteiger partial charge in [-0.25, -0.2) is 8.42 Å². The fourth-order valence-electron chi connectivity index (χ4n) is 1.30. The molecule has 1 rings (SSSR count). The van der Waals surface area contributed by atoms with E-state index in [1.54, 1.807) is 18.2 Å². The Morgan fingerprint density at radius 2 is 1.94 bits per heavy atom. The molecule has 0 radical (unpaired) electrons. The van der Waals surface area contributed by atoms with Crippen molar-refractivity contribution in [3.05, 3.63) is 35.9 Å². The Labute approximate surface area is 92.9 Å². The molecule has 1 unspecified atom stereocenters. The molecule has 0 saturated carbocycles. The summed E-state index contributed by atoms with van der Waals surface area (Å²) in [5.41, 5.74) is 0.158. The second-order valence-electron chi connectivity index (χ2n) is 3.09. The first kappa shape index (κ1) is 12.2. The Hall–Kier alpha value is -1.87. The molecule has 1 N–H and O–H groups in total. The molecule has 0 saturated heterocycles. The monoisotopic (exact) mass is 239 g/mol. The lowest BCUT2D eigenvalue weighted by Gasteiger charge is -2.11. The number of carboxylic acids is 1. The Morgan fingerprint density at radius 1 is 1.38 bits per heavy atom. The maximum Gasteiger partial charge on any atom is 0.326 e. The zero-order chi connectivity index (χ0) is 12.2. The summed E-state index contributed by atoms with van der Waals surface area (Å²) in [4.78, 5) is 10.9. The zero-order valence-electron chi connectivity index (χ0n) is 8.20. The van der Waals surface area contributed by atoms with Crippen molar-refractivity contribution in [3.8, 4) is 6.07 Å². The van der Waals surface area contributed by atoms with Crippen LogP contribution in [0.5, 0.6) is 0 Å². The molecule has 0 aliphatic rings. The lowest BCUT2D eigenvalue weighted by atomic mass is 10.1. The molecule has 0 spiro atoms. The minimum atomic E-state index is -3.99. The second-order valence-corrected chi connectivity index (χ2v) is 5.18. The first-order valence-corrected chi connectivity index (χ1v) is 6.07. The normalized spacial score (nSPS) is 12.7. The predicted octanol–water partition coefficient (Wildman–Crippen LogP) is 0.751. The highest BCUT2D eigenvalue weighted by atomic mass is 32.2. The van der Waals surface area contributed by atoms with Gasteiger partial charge in [-0.1, -0.05) is 30.3 Å². The SMILES string of the molecule is N#CCS(=O)(=O)C(C(=O)O)c1ccccc1. The third-order valence-electron chi connectivity index (χ3n) is 1.95. The van der Waals surface area contributed by atoms with Crippen LogP contribution in [0.4, 0.5) is 0 Å². The number of carboxylic acid groups (broad SMARTS) is 1. The van der Waals surface area contributed by atoms with Crippen molar-refractivity contribution in [2.45, 2.75) is 5.25 Å². The number of sulfone groups is 1. The number of hydrogen-bond donors (Lipinski definition) is 1. The molecule has 0 fully saturated rings. The van der Waals surface area contributed by atoms with Gasteiger partial charge < -0.3 is 5.11 Å². The number of aliphatic carboxylic acids is 1. The van der Waals surface area contributed by atoms with E-state index >= 15 is 0 Å². The first-order chi connectivity index (χ1) is 7.49. The Bertz CT molecular complexity index is 516. The molecule has 0 aromatic heterocycles. The van der Waals surface area contributed by atoms with Crippen LogP contribution in [0.25, 0.3) is 0 Å². The van der Waals surface area contributed by atoms with E-state index in [9.17, 15) is 13.2 Å². The molecule has 1 aromatic carbocycles. The van der Waals surface area contributed by atoms with Crippen molar-refractivity contribution in [1.82, 2.24) is 0 Å². The van der Waals surface area contributed by atoms with Gasteiger partial charge in [-0.2, -0.15) is 5.26 Å². The van der Waals surface area contributed by atoms with Gasteiger partial charge in [0.25, 0.3) is 0 Å². The molecule has 0 aliphatic carbocycles. The molecule has 16 heavy (non-hydrogen) atoms. The van der Waals surface area contributed by atoms with Crippen LogP contribution in [0.2, 0.25) is 0 Å². The third kappa shape index (κ3) is 2.58. The Kier molecular flexibility index (Phi) is 3.64. The van der Waals surface area contributed by atoms with Crippen LogP contribution in [-0.4, -0.2) is 25.2 Å². The summed E-state index contributed by atoms with van der Waals surface area (Å²) < 4.78 is 23.1. The van der Waals surface area contributed by atoms with E-state index in [-0.39, 0.29) is 5.56 Å². The van der Waals surface area contributed by atoms with E-state index in [0.29, 0.717) is 0 Å². The quantitative estimate of drug-likeness (QED) is 0.836. The largest absolute Gasteiger partial charge is 0.480 e. The predicted molar refractivity (Wildman–Crippen MR) is 56.2 cm³/mol. The topological polar surface area (TPSA) is 95.2 Å². The molecule has 0 aliphatic heterocycles. The van der Waals surface area contributed by atoms with Crippen molar-refractivity contribution in [3.63, 3.8) is 0 Å². The summed E-state index contributed by atoms with van der Waals surface area (Å²) in [7, 11) is -3.99. The molecular weight excluding hydrogens is 230 g/mol. The smallest absolute Gasteiger partial charge is 0.326 e. The van der Waals surface area contributed by atoms with Gasteiger partial charge in [0.1, 0.15) is 5.75 Å². The molecular formula is C10H9NO4S. The summed E-state index contributed by atoms with van der Waals surface area (Å²) in [5.74, 6) is -2.28. The highest BCUT2D eigenvalue weighted by Gasteiger charge is 2.33. The van der Waals surface area contributed by atoms with Gasteiger partial charge >= 0.3 is 5.97 Å². The Morgan fingerprint density at radius 3 is 2.38 bits per heavy atom. The van der Waals surface area contributed by atoms with Crippen LogP contribution in [0.15, 0.2) is 30.3 Å². The third-order valence-corrected chi connectivity index (χ3v) is 3.67. The fraction of sp³-hybridized carbons (Fsp3) is 0.200. The lowest BCUT2D eigenvalue weighted by Crippen LogP contribution is -2.23. The van der Waals surface area contributed by atoms with Gasteiger partial charge in [0.2, 0.25) is 0 Å². The van der Waals surface area contributed by atoms with Crippen LogP contribution >= 0.6 is 0 Å². The van der Waals surface area contributed by atoms with E-state index in [4.69, 9.17) is 10.4 Å². The van der Waals surface area contributed by atoms with E-state index in [0.717, 1.165) is 0 Å². The van der Waals surface area contributed by atoms with Crippen molar-refractivity contribution in [2.75, 3.05) is 5.75 Å². The number of benzene rings is 1. The zero-order valence-corrected chi connectivity index (χ0v) is 9.02. The van der Waals surface area contributed by atoms with E-state index < -0.39 is 26.8 Å². The molecule has 0 bridgehead atoms. The number of hydrogen-bond acceptors (Lipinski definition) is 4. The lowest BCUT2D eigenvalue weighted by molar-refractivity contribution is -0.136. The van der Waals surface area contributed by atoms with Crippen molar-refractivity contribution in [2.24, 2.45) is 0 Å². The Balaban J connectivity index is 3.23. The number of rotatable bonds is 4. The van der Waals surface area contributed by atoms with Crippen LogP contribution in [0.3, 0.4) is 0 Å². The maximum absolute atomic E-state index is 11.6. The van der Waals surface area contributed by atoms with Crippen molar-refractivity contribution >= 4 is 15.8 Å². The minimum absolute atomic E-state index is 0.158. The van der Waals surface area contributed by atoms with Crippen LogP contribution in [-0.2, 0) is 14.6 Å². The molecule has 84 valence electrons. The van der Waals surface area contributed by atoms with Crippen LogP contribution in [0, 0.1) is 11.3 Å².